The molecule has 0 aliphatic carbocycles. The van der Waals surface area contributed by atoms with Crippen molar-refractivity contribution in [2.45, 2.75) is 39.5 Å². The molecule has 0 aliphatic rings. The SMILES string of the molecule is CC(C)c1ccc(-c2cc(C(=O)O)c3cc(C(C)C)ccc3n2)cc1. The van der Waals surface area contributed by atoms with Crippen LogP contribution in [-0.4, -0.2) is 16.1 Å². The molecule has 128 valence electrons. The summed E-state index contributed by atoms with van der Waals surface area (Å²) in [4.78, 5) is 16.5. The van der Waals surface area contributed by atoms with E-state index in [4.69, 9.17) is 4.98 Å². The molecule has 2 aromatic carbocycles. The third kappa shape index (κ3) is 3.41. The number of benzene rings is 2. The second-order valence-electron chi connectivity index (χ2n) is 7.07. The molecule has 0 spiro atoms. The molecule has 0 aliphatic heterocycles. The summed E-state index contributed by atoms with van der Waals surface area (Å²) < 4.78 is 0. The lowest BCUT2D eigenvalue weighted by Crippen LogP contribution is -2.01. The molecule has 0 radical (unpaired) electrons. The van der Waals surface area contributed by atoms with Crippen molar-refractivity contribution in [1.29, 1.82) is 0 Å². The van der Waals surface area contributed by atoms with Gasteiger partial charge in [-0.2, -0.15) is 0 Å². The molecule has 3 heteroatoms. The highest BCUT2D eigenvalue weighted by Gasteiger charge is 2.14. The zero-order valence-corrected chi connectivity index (χ0v) is 15.1. The van der Waals surface area contributed by atoms with E-state index >= 15 is 0 Å². The van der Waals surface area contributed by atoms with Gasteiger partial charge in [0.1, 0.15) is 0 Å². The van der Waals surface area contributed by atoms with Gasteiger partial charge in [0.15, 0.2) is 0 Å². The van der Waals surface area contributed by atoms with Crippen LogP contribution < -0.4 is 0 Å². The number of hydrogen-bond acceptors (Lipinski definition) is 2. The molecule has 25 heavy (non-hydrogen) atoms. The summed E-state index contributed by atoms with van der Waals surface area (Å²) >= 11 is 0. The second-order valence-corrected chi connectivity index (χ2v) is 7.07. The van der Waals surface area contributed by atoms with Gasteiger partial charge in [-0.05, 0) is 41.2 Å². The summed E-state index contributed by atoms with van der Waals surface area (Å²) in [5, 5.41) is 10.4. The molecule has 0 fully saturated rings. The van der Waals surface area contributed by atoms with Gasteiger partial charge in [-0.3, -0.25) is 0 Å². The maximum Gasteiger partial charge on any atom is 0.336 e. The first-order valence-corrected chi connectivity index (χ1v) is 8.65. The molecule has 1 N–H and O–H groups in total. The molecule has 1 aromatic heterocycles. The van der Waals surface area contributed by atoms with Gasteiger partial charge in [-0.1, -0.05) is 58.0 Å². The highest BCUT2D eigenvalue weighted by Crippen LogP contribution is 2.28. The van der Waals surface area contributed by atoms with Crippen LogP contribution in [0.15, 0.2) is 48.5 Å². The van der Waals surface area contributed by atoms with Gasteiger partial charge < -0.3 is 5.11 Å². The second kappa shape index (κ2) is 6.67. The molecule has 3 nitrogen and oxygen atoms in total. The lowest BCUT2D eigenvalue weighted by atomic mass is 9.97. The van der Waals surface area contributed by atoms with Crippen LogP contribution in [0.25, 0.3) is 22.2 Å². The maximum absolute atomic E-state index is 11.8. The Morgan fingerprint density at radius 3 is 2.04 bits per heavy atom. The summed E-state index contributed by atoms with van der Waals surface area (Å²) in [6.07, 6.45) is 0. The van der Waals surface area contributed by atoms with E-state index in [0.717, 1.165) is 11.1 Å². The van der Waals surface area contributed by atoms with Crippen molar-refractivity contribution >= 4 is 16.9 Å². The molecule has 0 amide bonds. The first-order valence-electron chi connectivity index (χ1n) is 8.65. The van der Waals surface area contributed by atoms with Crippen LogP contribution in [0.3, 0.4) is 0 Å². The predicted octanol–water partition coefficient (Wildman–Crippen LogP) is 5.85. The van der Waals surface area contributed by atoms with E-state index in [0.29, 0.717) is 34.0 Å². The van der Waals surface area contributed by atoms with Crippen molar-refractivity contribution in [3.05, 3.63) is 65.2 Å². The van der Waals surface area contributed by atoms with Crippen molar-refractivity contribution < 1.29 is 9.90 Å². The van der Waals surface area contributed by atoms with Crippen molar-refractivity contribution in [1.82, 2.24) is 4.98 Å². The average Bonchev–Trinajstić information content (AvgIpc) is 2.60. The van der Waals surface area contributed by atoms with Gasteiger partial charge in [0.25, 0.3) is 0 Å². The third-order valence-corrected chi connectivity index (χ3v) is 4.60. The van der Waals surface area contributed by atoms with E-state index in [-0.39, 0.29) is 0 Å². The fourth-order valence-corrected chi connectivity index (χ4v) is 2.97. The van der Waals surface area contributed by atoms with Crippen LogP contribution in [0.1, 0.15) is 61.0 Å². The predicted molar refractivity (Wildman–Crippen MR) is 102 cm³/mol. The summed E-state index contributed by atoms with van der Waals surface area (Å²) in [5.41, 5.74) is 5.01. The molecule has 1 heterocycles. The van der Waals surface area contributed by atoms with Gasteiger partial charge in [-0.15, -0.1) is 0 Å². The molecule has 0 bridgehead atoms. The van der Waals surface area contributed by atoms with E-state index in [1.807, 2.05) is 30.3 Å². The zero-order chi connectivity index (χ0) is 18.1. The fraction of sp³-hybridized carbons (Fsp3) is 0.273. The number of aromatic carboxylic acids is 1. The van der Waals surface area contributed by atoms with Crippen molar-refractivity contribution in [3.63, 3.8) is 0 Å². The van der Waals surface area contributed by atoms with Gasteiger partial charge in [-0.25, -0.2) is 9.78 Å². The van der Waals surface area contributed by atoms with Gasteiger partial charge in [0.05, 0.1) is 16.8 Å². The van der Waals surface area contributed by atoms with Crippen LogP contribution in [0.4, 0.5) is 0 Å². The summed E-state index contributed by atoms with van der Waals surface area (Å²) in [7, 11) is 0. The molecule has 0 saturated carbocycles. The Morgan fingerprint density at radius 2 is 1.48 bits per heavy atom. The Labute approximate surface area is 148 Å². The normalized spacial score (nSPS) is 11.4. The first-order chi connectivity index (χ1) is 11.9. The monoisotopic (exact) mass is 333 g/mol. The minimum absolute atomic E-state index is 0.301. The lowest BCUT2D eigenvalue weighted by molar-refractivity contribution is 0.0699. The van der Waals surface area contributed by atoms with Crippen LogP contribution in [0, 0.1) is 0 Å². The van der Waals surface area contributed by atoms with Crippen molar-refractivity contribution in [2.75, 3.05) is 0 Å². The summed E-state index contributed by atoms with van der Waals surface area (Å²) in [6, 6.07) is 15.7. The van der Waals surface area contributed by atoms with Crippen molar-refractivity contribution in [2.24, 2.45) is 0 Å². The van der Waals surface area contributed by atoms with Gasteiger partial charge in [0.2, 0.25) is 0 Å². The number of carbonyl (C=O) groups is 1. The Kier molecular flexibility index (Phi) is 4.58. The Morgan fingerprint density at radius 1 is 0.880 bits per heavy atom. The Bertz CT molecular complexity index is 925. The molecule has 3 rings (SSSR count). The average molecular weight is 333 g/mol. The molecular formula is C22H23NO2. The quantitative estimate of drug-likeness (QED) is 0.652. The number of carboxylic acid groups (broad SMARTS) is 1. The number of hydrogen-bond donors (Lipinski definition) is 1. The van der Waals surface area contributed by atoms with E-state index in [1.54, 1.807) is 6.07 Å². The van der Waals surface area contributed by atoms with Crippen molar-refractivity contribution in [3.8, 4) is 11.3 Å². The molecule has 3 aromatic rings. The summed E-state index contributed by atoms with van der Waals surface area (Å²) in [5.74, 6) is -0.120. The Balaban J connectivity index is 2.17. The fourth-order valence-electron chi connectivity index (χ4n) is 2.97. The standard InChI is InChI=1S/C22H23NO2/c1-13(2)15-5-7-16(8-6-15)21-12-19(22(24)25)18-11-17(14(3)4)9-10-20(18)23-21/h5-14H,1-4H3,(H,24,25). The minimum Gasteiger partial charge on any atom is -0.478 e. The number of carboxylic acids is 1. The molecule has 0 saturated heterocycles. The van der Waals surface area contributed by atoms with Crippen LogP contribution >= 0.6 is 0 Å². The highest BCUT2D eigenvalue weighted by atomic mass is 16.4. The van der Waals surface area contributed by atoms with Crippen LogP contribution in [0.5, 0.6) is 0 Å². The van der Waals surface area contributed by atoms with E-state index < -0.39 is 5.97 Å². The third-order valence-electron chi connectivity index (χ3n) is 4.60. The molecule has 0 atom stereocenters. The first kappa shape index (κ1) is 17.2. The molecular weight excluding hydrogens is 310 g/mol. The van der Waals surface area contributed by atoms with E-state index in [1.165, 1.54) is 5.56 Å². The minimum atomic E-state index is -0.923. The zero-order valence-electron chi connectivity index (χ0n) is 15.1. The molecule has 0 unspecified atom stereocenters. The van der Waals surface area contributed by atoms with E-state index in [2.05, 4.69) is 39.8 Å². The van der Waals surface area contributed by atoms with Crippen LogP contribution in [-0.2, 0) is 0 Å². The van der Waals surface area contributed by atoms with Crippen LogP contribution in [0.2, 0.25) is 0 Å². The number of aromatic nitrogens is 1. The number of nitrogens with zero attached hydrogens (tertiary/aromatic N) is 1. The lowest BCUT2D eigenvalue weighted by Gasteiger charge is -2.11. The highest BCUT2D eigenvalue weighted by molar-refractivity contribution is 6.04. The van der Waals surface area contributed by atoms with Gasteiger partial charge in [0, 0.05) is 10.9 Å². The smallest absolute Gasteiger partial charge is 0.336 e. The van der Waals surface area contributed by atoms with Gasteiger partial charge >= 0.3 is 5.97 Å². The Hall–Kier alpha value is -2.68. The topological polar surface area (TPSA) is 50.2 Å². The van der Waals surface area contributed by atoms with E-state index in [9.17, 15) is 9.90 Å². The number of pyridine rings is 1. The number of fused-ring (bicyclic) bond motifs is 1. The number of rotatable bonds is 4. The summed E-state index contributed by atoms with van der Waals surface area (Å²) in [6.45, 7) is 8.50. The maximum atomic E-state index is 11.8. The largest absolute Gasteiger partial charge is 0.478 e.